The molecule has 0 N–H and O–H groups in total. The lowest BCUT2D eigenvalue weighted by molar-refractivity contribution is -0.137. The van der Waals surface area contributed by atoms with E-state index in [0.29, 0.717) is 26.2 Å². The van der Waals surface area contributed by atoms with Gasteiger partial charge in [-0.05, 0) is 23.6 Å². The predicted molar refractivity (Wildman–Crippen MR) is 91.9 cm³/mol. The van der Waals surface area contributed by atoms with Crippen LogP contribution in [0.3, 0.4) is 0 Å². The molecule has 0 aliphatic carbocycles. The highest BCUT2D eigenvalue weighted by Crippen LogP contribution is 2.30. The quantitative estimate of drug-likeness (QED) is 0.836. The van der Waals surface area contributed by atoms with E-state index in [2.05, 4.69) is 5.10 Å². The Morgan fingerprint density at radius 1 is 1.19 bits per heavy atom. The summed E-state index contributed by atoms with van der Waals surface area (Å²) < 4.78 is 39.6. The average molecular weight is 366 g/mol. The fourth-order valence-corrected chi connectivity index (χ4v) is 3.19. The van der Waals surface area contributed by atoms with Crippen LogP contribution in [-0.4, -0.2) is 46.8 Å². The van der Waals surface area contributed by atoms with E-state index in [1.165, 1.54) is 12.1 Å². The van der Waals surface area contributed by atoms with Gasteiger partial charge in [0, 0.05) is 32.9 Å². The zero-order valence-corrected chi connectivity index (χ0v) is 14.7. The summed E-state index contributed by atoms with van der Waals surface area (Å²) in [6.45, 7) is 4.16. The van der Waals surface area contributed by atoms with Gasteiger partial charge in [0.05, 0.1) is 24.0 Å². The number of amides is 1. The lowest BCUT2D eigenvalue weighted by Crippen LogP contribution is -2.51. The van der Waals surface area contributed by atoms with Crippen molar-refractivity contribution in [2.24, 2.45) is 7.05 Å². The van der Waals surface area contributed by atoms with Gasteiger partial charge in [0.15, 0.2) is 0 Å². The van der Waals surface area contributed by atoms with E-state index >= 15 is 0 Å². The van der Waals surface area contributed by atoms with E-state index in [9.17, 15) is 18.0 Å². The second-order valence-corrected chi connectivity index (χ2v) is 6.67. The molecule has 2 aromatic rings. The van der Waals surface area contributed by atoms with Crippen LogP contribution in [0.1, 0.15) is 24.0 Å². The van der Waals surface area contributed by atoms with Gasteiger partial charge >= 0.3 is 6.18 Å². The number of hydrogen-bond donors (Lipinski definition) is 0. The molecule has 0 saturated carbocycles. The summed E-state index contributed by atoms with van der Waals surface area (Å²) in [5.41, 5.74) is 0.974. The molecule has 0 radical (unpaired) electrons. The van der Waals surface area contributed by atoms with Crippen LogP contribution >= 0.6 is 0 Å². The largest absolute Gasteiger partial charge is 0.416 e. The molecule has 1 amide bonds. The van der Waals surface area contributed by atoms with Crippen LogP contribution in [-0.2, 0) is 18.0 Å². The molecule has 2 heterocycles. The van der Waals surface area contributed by atoms with Crippen molar-refractivity contribution in [3.05, 3.63) is 47.8 Å². The van der Waals surface area contributed by atoms with Crippen LogP contribution in [0.25, 0.3) is 0 Å². The number of alkyl halides is 3. The first-order chi connectivity index (χ1) is 12.2. The first kappa shape index (κ1) is 18.4. The van der Waals surface area contributed by atoms with Crippen molar-refractivity contribution in [3.63, 3.8) is 0 Å². The van der Waals surface area contributed by atoms with Crippen molar-refractivity contribution in [2.45, 2.75) is 19.0 Å². The molecule has 5 nitrogen and oxygen atoms in total. The van der Waals surface area contributed by atoms with Crippen LogP contribution in [0.4, 0.5) is 18.9 Å². The summed E-state index contributed by atoms with van der Waals surface area (Å²) in [6, 6.07) is 5.25. The van der Waals surface area contributed by atoms with E-state index in [1.807, 2.05) is 11.8 Å². The highest BCUT2D eigenvalue weighted by atomic mass is 19.4. The highest BCUT2D eigenvalue weighted by Gasteiger charge is 2.30. The fraction of sp³-hybridized carbons (Fsp3) is 0.444. The molecular weight excluding hydrogens is 345 g/mol. The molecular formula is C18H21F3N4O. The van der Waals surface area contributed by atoms with Gasteiger partial charge in [-0.2, -0.15) is 18.3 Å². The van der Waals surface area contributed by atoms with Gasteiger partial charge in [0.25, 0.3) is 0 Å². The van der Waals surface area contributed by atoms with Crippen LogP contribution in [0, 0.1) is 0 Å². The van der Waals surface area contributed by atoms with Gasteiger partial charge in [-0.15, -0.1) is 0 Å². The zero-order valence-electron chi connectivity index (χ0n) is 14.7. The second kappa shape index (κ2) is 7.11. The molecule has 1 aromatic carbocycles. The van der Waals surface area contributed by atoms with Crippen LogP contribution in [0.2, 0.25) is 0 Å². The number of aryl methyl sites for hydroxylation is 1. The maximum absolute atomic E-state index is 12.7. The lowest BCUT2D eigenvalue weighted by Gasteiger charge is -2.35. The number of nitrogens with zero attached hydrogens (tertiary/aromatic N) is 4. The first-order valence-corrected chi connectivity index (χ1v) is 8.42. The van der Waals surface area contributed by atoms with Gasteiger partial charge in [-0.1, -0.05) is 19.1 Å². The number of carbonyl (C=O) groups is 1. The monoisotopic (exact) mass is 366 g/mol. The number of anilines is 1. The summed E-state index contributed by atoms with van der Waals surface area (Å²) in [7, 11) is 1.80. The standard InChI is InChI=1S/C18H21F3N4O/c1-13(14-3-5-15(6-4-14)18(19,20)21)10-24-7-8-25(17(26)12-24)16-9-22-23(2)11-16/h3-6,9,11,13H,7-8,10,12H2,1-2H3/t13-/m1/s1. The molecule has 26 heavy (non-hydrogen) atoms. The van der Waals surface area contributed by atoms with Crippen LogP contribution in [0.5, 0.6) is 0 Å². The van der Waals surface area contributed by atoms with E-state index in [0.717, 1.165) is 23.4 Å². The van der Waals surface area contributed by atoms with Crippen molar-refractivity contribution in [1.29, 1.82) is 0 Å². The van der Waals surface area contributed by atoms with Crippen molar-refractivity contribution in [3.8, 4) is 0 Å². The van der Waals surface area contributed by atoms with Crippen molar-refractivity contribution in [1.82, 2.24) is 14.7 Å². The highest BCUT2D eigenvalue weighted by molar-refractivity contribution is 5.95. The molecule has 0 bridgehead atoms. The smallest absolute Gasteiger partial charge is 0.307 e. The SMILES string of the molecule is C[C@H](CN1CCN(c2cnn(C)c2)C(=O)C1)c1ccc(C(F)(F)F)cc1. The Morgan fingerprint density at radius 2 is 1.88 bits per heavy atom. The summed E-state index contributed by atoms with van der Waals surface area (Å²) in [5, 5.41) is 4.09. The Labute approximate surface area is 150 Å². The number of aromatic nitrogens is 2. The minimum Gasteiger partial charge on any atom is -0.307 e. The molecule has 140 valence electrons. The van der Waals surface area contributed by atoms with E-state index in [1.54, 1.807) is 29.0 Å². The molecule has 1 atom stereocenters. The van der Waals surface area contributed by atoms with E-state index < -0.39 is 11.7 Å². The van der Waals surface area contributed by atoms with Crippen LogP contribution in [0.15, 0.2) is 36.7 Å². The third-order valence-electron chi connectivity index (χ3n) is 4.64. The maximum atomic E-state index is 12.7. The summed E-state index contributed by atoms with van der Waals surface area (Å²) in [5.74, 6) is 0.0406. The summed E-state index contributed by atoms with van der Waals surface area (Å²) >= 11 is 0. The Hall–Kier alpha value is -2.35. The van der Waals surface area contributed by atoms with Crippen molar-refractivity contribution in [2.75, 3.05) is 31.1 Å². The van der Waals surface area contributed by atoms with Gasteiger partial charge in [-0.3, -0.25) is 14.4 Å². The number of halogens is 3. The molecule has 0 unspecified atom stereocenters. The summed E-state index contributed by atoms with van der Waals surface area (Å²) in [4.78, 5) is 16.2. The zero-order chi connectivity index (χ0) is 18.9. The normalized spacial score (nSPS) is 17.6. The number of carbonyl (C=O) groups excluding carboxylic acids is 1. The van der Waals surface area contributed by atoms with Crippen molar-refractivity contribution < 1.29 is 18.0 Å². The van der Waals surface area contributed by atoms with E-state index in [4.69, 9.17) is 0 Å². The Kier molecular flexibility index (Phi) is 5.04. The van der Waals surface area contributed by atoms with Gasteiger partial charge < -0.3 is 4.90 Å². The molecule has 3 rings (SSSR count). The van der Waals surface area contributed by atoms with Gasteiger partial charge in [-0.25, -0.2) is 0 Å². The molecule has 1 aromatic heterocycles. The predicted octanol–water partition coefficient (Wildman–Crippen LogP) is 2.89. The van der Waals surface area contributed by atoms with Gasteiger partial charge in [0.2, 0.25) is 5.91 Å². The molecule has 1 aliphatic heterocycles. The summed E-state index contributed by atoms with van der Waals surface area (Å²) in [6.07, 6.45) is -0.854. The molecule has 1 aliphatic rings. The van der Waals surface area contributed by atoms with E-state index in [-0.39, 0.29) is 11.8 Å². The molecule has 1 saturated heterocycles. The average Bonchev–Trinajstić information content (AvgIpc) is 3.00. The minimum atomic E-state index is -4.32. The maximum Gasteiger partial charge on any atom is 0.416 e. The number of rotatable bonds is 4. The number of piperazine rings is 1. The van der Waals surface area contributed by atoms with Gasteiger partial charge in [0.1, 0.15) is 0 Å². The first-order valence-electron chi connectivity index (χ1n) is 8.42. The minimum absolute atomic E-state index is 0.00358. The fourth-order valence-electron chi connectivity index (χ4n) is 3.19. The second-order valence-electron chi connectivity index (χ2n) is 6.67. The Balaban J connectivity index is 1.59. The molecule has 1 fully saturated rings. The van der Waals surface area contributed by atoms with Crippen molar-refractivity contribution >= 4 is 11.6 Å². The lowest BCUT2D eigenvalue weighted by atomic mass is 9.99. The Bertz CT molecular complexity index is 769. The number of hydrogen-bond acceptors (Lipinski definition) is 3. The topological polar surface area (TPSA) is 41.4 Å². The molecule has 8 heteroatoms. The number of benzene rings is 1. The third-order valence-corrected chi connectivity index (χ3v) is 4.64. The third kappa shape index (κ3) is 4.07. The Morgan fingerprint density at radius 3 is 2.42 bits per heavy atom. The van der Waals surface area contributed by atoms with Crippen LogP contribution < -0.4 is 4.90 Å². The molecule has 0 spiro atoms.